The smallest absolute Gasteiger partial charge is 0.284 e. The van der Waals surface area contributed by atoms with Crippen molar-refractivity contribution in [1.29, 1.82) is 0 Å². The summed E-state index contributed by atoms with van der Waals surface area (Å²) in [5.41, 5.74) is 2.10. The van der Waals surface area contributed by atoms with E-state index < -0.39 is 11.4 Å². The number of nitrogens with one attached hydrogen (secondary N) is 1. The first-order valence-electron chi connectivity index (χ1n) is 6.88. The van der Waals surface area contributed by atoms with Crippen LogP contribution < -0.4 is 5.56 Å². The van der Waals surface area contributed by atoms with Crippen molar-refractivity contribution < 1.29 is 4.39 Å². The van der Waals surface area contributed by atoms with Gasteiger partial charge in [0, 0.05) is 5.39 Å². The number of benzene rings is 1. The molecular weight excluding hydrogens is 253 g/mol. The molecule has 0 aliphatic carbocycles. The number of H-pyrrole nitrogens is 1. The fourth-order valence-corrected chi connectivity index (χ4v) is 2.32. The second-order valence-corrected chi connectivity index (χ2v) is 7.43. The lowest BCUT2D eigenvalue weighted by atomic mass is 9.79. The molecule has 0 spiro atoms. The van der Waals surface area contributed by atoms with E-state index in [9.17, 15) is 9.18 Å². The van der Waals surface area contributed by atoms with E-state index in [0.717, 1.165) is 22.0 Å². The van der Waals surface area contributed by atoms with E-state index in [2.05, 4.69) is 52.6 Å². The van der Waals surface area contributed by atoms with E-state index in [-0.39, 0.29) is 10.8 Å². The molecule has 2 rings (SSSR count). The van der Waals surface area contributed by atoms with Crippen LogP contribution >= 0.6 is 0 Å². The summed E-state index contributed by atoms with van der Waals surface area (Å²) in [4.78, 5) is 14.2. The van der Waals surface area contributed by atoms with Crippen molar-refractivity contribution in [1.82, 2.24) is 4.98 Å². The topological polar surface area (TPSA) is 32.9 Å². The lowest BCUT2D eigenvalue weighted by molar-refractivity contribution is 0.570. The van der Waals surface area contributed by atoms with E-state index in [1.54, 1.807) is 0 Å². The van der Waals surface area contributed by atoms with Gasteiger partial charge in [0.15, 0.2) is 5.82 Å². The number of rotatable bonds is 0. The first-order valence-corrected chi connectivity index (χ1v) is 6.88. The third-order valence-corrected chi connectivity index (χ3v) is 3.58. The highest BCUT2D eigenvalue weighted by Crippen LogP contribution is 2.33. The van der Waals surface area contributed by atoms with Crippen LogP contribution in [0.5, 0.6) is 0 Å². The molecule has 0 radical (unpaired) electrons. The summed E-state index contributed by atoms with van der Waals surface area (Å²) in [6, 6.07) is 5.42. The molecule has 2 nitrogen and oxygen atoms in total. The summed E-state index contributed by atoms with van der Waals surface area (Å²) in [6.45, 7) is 12.7. The molecule has 0 saturated carbocycles. The fourth-order valence-electron chi connectivity index (χ4n) is 2.32. The van der Waals surface area contributed by atoms with Crippen molar-refractivity contribution in [2.75, 3.05) is 0 Å². The summed E-state index contributed by atoms with van der Waals surface area (Å²) >= 11 is 0. The van der Waals surface area contributed by atoms with Crippen LogP contribution in [0.3, 0.4) is 0 Å². The van der Waals surface area contributed by atoms with Crippen molar-refractivity contribution in [2.24, 2.45) is 0 Å². The maximum Gasteiger partial charge on any atom is 0.284 e. The Kier molecular flexibility index (Phi) is 3.28. The minimum absolute atomic E-state index is 0.0270. The van der Waals surface area contributed by atoms with Gasteiger partial charge in [-0.3, -0.25) is 4.79 Å². The first-order chi connectivity index (χ1) is 9.00. The van der Waals surface area contributed by atoms with Gasteiger partial charge in [-0.15, -0.1) is 0 Å². The number of aromatic nitrogens is 1. The third kappa shape index (κ3) is 2.62. The van der Waals surface area contributed by atoms with Gasteiger partial charge in [-0.25, -0.2) is 4.39 Å². The fraction of sp³-hybridized carbons (Fsp3) is 0.471. The second-order valence-electron chi connectivity index (χ2n) is 7.43. The predicted octanol–water partition coefficient (Wildman–Crippen LogP) is 4.26. The van der Waals surface area contributed by atoms with Gasteiger partial charge in [0.25, 0.3) is 5.56 Å². The zero-order chi connectivity index (χ0) is 15.3. The van der Waals surface area contributed by atoms with Crippen molar-refractivity contribution in [2.45, 2.75) is 52.4 Å². The lowest BCUT2D eigenvalue weighted by Gasteiger charge is -2.26. The Morgan fingerprint density at radius 2 is 1.55 bits per heavy atom. The normalized spacial score (nSPS) is 12.9. The average Bonchev–Trinajstić information content (AvgIpc) is 2.26. The largest absolute Gasteiger partial charge is 0.319 e. The van der Waals surface area contributed by atoms with Gasteiger partial charge in [0.1, 0.15) is 0 Å². The number of fused-ring (bicyclic) bond motifs is 1. The van der Waals surface area contributed by atoms with Crippen LogP contribution in [0.4, 0.5) is 4.39 Å². The molecule has 3 heteroatoms. The molecule has 1 aromatic carbocycles. The Labute approximate surface area is 119 Å². The van der Waals surface area contributed by atoms with Gasteiger partial charge in [-0.05, 0) is 34.1 Å². The van der Waals surface area contributed by atoms with E-state index in [1.165, 1.54) is 6.07 Å². The van der Waals surface area contributed by atoms with Gasteiger partial charge in [0.05, 0.1) is 5.52 Å². The molecule has 0 fully saturated rings. The maximum atomic E-state index is 13.6. The van der Waals surface area contributed by atoms with E-state index >= 15 is 0 Å². The molecule has 0 bridgehead atoms. The molecule has 0 unspecified atom stereocenters. The van der Waals surface area contributed by atoms with Crippen LogP contribution in [0.25, 0.3) is 10.9 Å². The third-order valence-electron chi connectivity index (χ3n) is 3.58. The van der Waals surface area contributed by atoms with Gasteiger partial charge < -0.3 is 4.98 Å². The summed E-state index contributed by atoms with van der Waals surface area (Å²) in [5, 5.41) is 0.749. The van der Waals surface area contributed by atoms with Crippen molar-refractivity contribution in [3.05, 3.63) is 45.5 Å². The van der Waals surface area contributed by atoms with Crippen LogP contribution in [0, 0.1) is 5.82 Å². The van der Waals surface area contributed by atoms with Crippen LogP contribution in [0.2, 0.25) is 0 Å². The van der Waals surface area contributed by atoms with Crippen LogP contribution in [0.15, 0.2) is 23.0 Å². The van der Waals surface area contributed by atoms with E-state index in [1.807, 2.05) is 6.07 Å². The predicted molar refractivity (Wildman–Crippen MR) is 81.9 cm³/mol. The Bertz CT molecular complexity index is 715. The first kappa shape index (κ1) is 14.8. The zero-order valence-corrected chi connectivity index (χ0v) is 13.0. The highest BCUT2D eigenvalue weighted by atomic mass is 19.1. The van der Waals surface area contributed by atoms with Crippen molar-refractivity contribution >= 4 is 10.9 Å². The number of hydrogen-bond acceptors (Lipinski definition) is 1. The molecule has 0 aliphatic rings. The molecule has 1 aromatic heterocycles. The van der Waals surface area contributed by atoms with E-state index in [4.69, 9.17) is 0 Å². The van der Waals surface area contributed by atoms with Crippen LogP contribution in [0.1, 0.15) is 52.7 Å². The quantitative estimate of drug-likeness (QED) is 0.765. The number of hydrogen-bond donors (Lipinski definition) is 1. The molecule has 1 heterocycles. The number of halogens is 1. The number of pyridine rings is 1. The van der Waals surface area contributed by atoms with E-state index in [0.29, 0.717) is 0 Å². The Morgan fingerprint density at radius 3 is 2.05 bits per heavy atom. The molecule has 0 amide bonds. The molecule has 2 aromatic rings. The summed E-state index contributed by atoms with van der Waals surface area (Å²) < 4.78 is 13.6. The summed E-state index contributed by atoms with van der Waals surface area (Å²) in [7, 11) is 0. The maximum absolute atomic E-state index is 13.6. The Morgan fingerprint density at radius 1 is 0.950 bits per heavy atom. The average molecular weight is 275 g/mol. The zero-order valence-electron chi connectivity index (χ0n) is 13.0. The molecule has 1 N–H and O–H groups in total. The molecule has 20 heavy (non-hydrogen) atoms. The highest BCUT2D eigenvalue weighted by molar-refractivity contribution is 5.83. The standard InChI is InChI=1S/C17H22FNO/c1-16(2,3)11-7-10-8-13(18)15(20)19-14(10)12(9-11)17(4,5)6/h7-9H,1-6H3,(H,19,20). The van der Waals surface area contributed by atoms with Gasteiger partial charge in [-0.1, -0.05) is 47.6 Å². The van der Waals surface area contributed by atoms with Crippen LogP contribution in [-0.2, 0) is 10.8 Å². The van der Waals surface area contributed by atoms with Crippen molar-refractivity contribution in [3.63, 3.8) is 0 Å². The molecule has 0 aliphatic heterocycles. The van der Waals surface area contributed by atoms with Gasteiger partial charge in [0.2, 0.25) is 0 Å². The van der Waals surface area contributed by atoms with Gasteiger partial charge in [-0.2, -0.15) is 0 Å². The van der Waals surface area contributed by atoms with Crippen molar-refractivity contribution in [3.8, 4) is 0 Å². The molecule has 0 atom stereocenters. The minimum atomic E-state index is -0.733. The molecule has 0 saturated heterocycles. The Hall–Kier alpha value is -1.64. The summed E-state index contributed by atoms with van der Waals surface area (Å²) in [6.07, 6.45) is 0. The summed E-state index contributed by atoms with van der Waals surface area (Å²) in [5.74, 6) is -0.733. The SMILES string of the molecule is CC(C)(C)c1cc(C(C)(C)C)c2[nH]c(=O)c(F)cc2c1. The minimum Gasteiger partial charge on any atom is -0.319 e. The Balaban J connectivity index is 2.93. The molecule has 108 valence electrons. The second kappa shape index (κ2) is 4.44. The van der Waals surface area contributed by atoms with Gasteiger partial charge >= 0.3 is 0 Å². The lowest BCUT2D eigenvalue weighted by Crippen LogP contribution is -2.19. The number of aromatic amines is 1. The highest BCUT2D eigenvalue weighted by Gasteiger charge is 2.23. The monoisotopic (exact) mass is 275 g/mol. The van der Waals surface area contributed by atoms with Crippen LogP contribution in [-0.4, -0.2) is 4.98 Å². The molecular formula is C17H22FNO.